The van der Waals surface area contributed by atoms with E-state index in [1.54, 1.807) is 0 Å². The zero-order valence-corrected chi connectivity index (χ0v) is 12.4. The molecule has 0 bridgehead atoms. The average molecular weight is 297 g/mol. The van der Waals surface area contributed by atoms with Crippen molar-refractivity contribution in [2.75, 3.05) is 38.5 Å². The first kappa shape index (κ1) is 15.7. The monoisotopic (exact) mass is 297 g/mol. The highest BCUT2D eigenvalue weighted by atomic mass is 19.1. The summed E-state index contributed by atoms with van der Waals surface area (Å²) in [4.78, 5) is 14.3. The highest BCUT2D eigenvalue weighted by Crippen LogP contribution is 2.20. The lowest BCUT2D eigenvalue weighted by molar-refractivity contribution is 0.0946. The van der Waals surface area contributed by atoms with Gasteiger partial charge in [-0.3, -0.25) is 4.79 Å². The molecule has 1 amide bonds. The Morgan fingerprint density at radius 3 is 2.57 bits per heavy atom. The first-order chi connectivity index (χ1) is 10.0. The zero-order chi connectivity index (χ0) is 15.4. The normalized spacial score (nSPS) is 18.8. The molecule has 6 heteroatoms. The topological polar surface area (TPSA) is 44.4 Å². The predicted molar refractivity (Wildman–Crippen MR) is 78.5 cm³/mol. The van der Waals surface area contributed by atoms with E-state index in [9.17, 15) is 13.6 Å². The molecule has 0 aliphatic carbocycles. The van der Waals surface area contributed by atoms with Gasteiger partial charge < -0.3 is 15.5 Å². The zero-order valence-electron chi connectivity index (χ0n) is 12.4. The Morgan fingerprint density at radius 2 is 2.05 bits per heavy atom. The first-order valence-electron chi connectivity index (χ1n) is 7.22. The van der Waals surface area contributed by atoms with E-state index in [-0.39, 0.29) is 11.3 Å². The number of amides is 1. The Morgan fingerprint density at radius 1 is 1.38 bits per heavy atom. The Bertz CT molecular complexity index is 499. The number of hydrogen-bond donors (Lipinski definition) is 2. The van der Waals surface area contributed by atoms with Crippen LogP contribution in [0.1, 0.15) is 23.7 Å². The Kier molecular flexibility index (Phi) is 5.12. The maximum Gasteiger partial charge on any atom is 0.251 e. The molecule has 21 heavy (non-hydrogen) atoms. The van der Waals surface area contributed by atoms with Crippen LogP contribution in [-0.2, 0) is 0 Å². The molecule has 1 aliphatic heterocycles. The summed E-state index contributed by atoms with van der Waals surface area (Å²) in [5.41, 5.74) is -0.213. The Hall–Kier alpha value is -1.69. The summed E-state index contributed by atoms with van der Waals surface area (Å²) in [6.07, 6.45) is 1.04. The van der Waals surface area contributed by atoms with Crippen molar-refractivity contribution in [2.45, 2.75) is 13.3 Å². The Labute approximate surface area is 123 Å². The minimum absolute atomic E-state index is 0.00865. The molecular formula is C15H21F2N3O. The molecule has 1 aromatic rings. The van der Waals surface area contributed by atoms with Gasteiger partial charge in [0.05, 0.1) is 0 Å². The van der Waals surface area contributed by atoms with E-state index in [0.717, 1.165) is 38.2 Å². The van der Waals surface area contributed by atoms with Gasteiger partial charge in [0, 0.05) is 25.7 Å². The van der Waals surface area contributed by atoms with E-state index < -0.39 is 17.5 Å². The summed E-state index contributed by atoms with van der Waals surface area (Å²) < 4.78 is 27.2. The van der Waals surface area contributed by atoms with Crippen LogP contribution >= 0.6 is 0 Å². The van der Waals surface area contributed by atoms with Gasteiger partial charge in [-0.25, -0.2) is 8.78 Å². The van der Waals surface area contributed by atoms with E-state index in [1.807, 2.05) is 0 Å². The average Bonchev–Trinajstić information content (AvgIpc) is 2.92. The summed E-state index contributed by atoms with van der Waals surface area (Å²) in [7, 11) is 1.43. The lowest BCUT2D eigenvalue weighted by Gasteiger charge is -2.14. The maximum absolute atomic E-state index is 13.6. The second-order valence-corrected chi connectivity index (χ2v) is 5.32. The molecule has 4 nitrogen and oxygen atoms in total. The third-order valence-electron chi connectivity index (χ3n) is 3.92. The molecule has 1 aromatic carbocycles. The van der Waals surface area contributed by atoms with Gasteiger partial charge in [-0.05, 0) is 37.6 Å². The molecule has 1 fully saturated rings. The molecule has 2 rings (SSSR count). The largest absolute Gasteiger partial charge is 0.383 e. The van der Waals surface area contributed by atoms with Crippen molar-refractivity contribution in [3.8, 4) is 0 Å². The lowest BCUT2D eigenvalue weighted by atomic mass is 10.1. The van der Waals surface area contributed by atoms with Crippen LogP contribution in [0.4, 0.5) is 14.5 Å². The molecule has 1 saturated heterocycles. The number of rotatable bonds is 5. The number of nitrogens with zero attached hydrogens (tertiary/aromatic N) is 1. The van der Waals surface area contributed by atoms with Crippen LogP contribution in [0.2, 0.25) is 0 Å². The number of carbonyl (C=O) groups excluding carboxylic acids is 1. The van der Waals surface area contributed by atoms with Gasteiger partial charge >= 0.3 is 0 Å². The van der Waals surface area contributed by atoms with Crippen LogP contribution in [0.3, 0.4) is 0 Å². The third kappa shape index (κ3) is 3.69. The van der Waals surface area contributed by atoms with Crippen molar-refractivity contribution >= 4 is 11.6 Å². The fraction of sp³-hybridized carbons (Fsp3) is 0.533. The number of halogens is 2. The Balaban J connectivity index is 1.95. The minimum atomic E-state index is -0.763. The molecule has 1 heterocycles. The molecule has 0 aromatic heterocycles. The second-order valence-electron chi connectivity index (χ2n) is 5.32. The van der Waals surface area contributed by atoms with Crippen LogP contribution in [0.5, 0.6) is 0 Å². The van der Waals surface area contributed by atoms with Gasteiger partial charge in [0.1, 0.15) is 17.3 Å². The smallest absolute Gasteiger partial charge is 0.251 e. The summed E-state index contributed by atoms with van der Waals surface area (Å²) >= 11 is 0. The number of hydrogen-bond acceptors (Lipinski definition) is 3. The SMILES string of the molecule is CCN1CCC(CNC(=O)c2cc(F)c(NC)c(F)c2)C1. The van der Waals surface area contributed by atoms with E-state index in [2.05, 4.69) is 22.5 Å². The summed E-state index contributed by atoms with van der Waals surface area (Å²) in [6, 6.07) is 2.11. The number of carbonyl (C=O) groups is 1. The van der Waals surface area contributed by atoms with Crippen molar-refractivity contribution < 1.29 is 13.6 Å². The fourth-order valence-electron chi connectivity index (χ4n) is 2.65. The van der Waals surface area contributed by atoms with Gasteiger partial charge in [0.25, 0.3) is 5.91 Å². The predicted octanol–water partition coefficient (Wildman–Crippen LogP) is 2.08. The van der Waals surface area contributed by atoms with Crippen molar-refractivity contribution in [3.63, 3.8) is 0 Å². The van der Waals surface area contributed by atoms with Crippen molar-refractivity contribution in [1.29, 1.82) is 0 Å². The van der Waals surface area contributed by atoms with Crippen molar-refractivity contribution in [1.82, 2.24) is 10.2 Å². The summed E-state index contributed by atoms with van der Waals surface area (Å²) in [6.45, 7) is 5.64. The number of benzene rings is 1. The molecule has 1 unspecified atom stereocenters. The number of anilines is 1. The van der Waals surface area contributed by atoms with Gasteiger partial charge in [-0.1, -0.05) is 6.92 Å². The van der Waals surface area contributed by atoms with Gasteiger partial charge in [-0.15, -0.1) is 0 Å². The fourth-order valence-corrected chi connectivity index (χ4v) is 2.65. The van der Waals surface area contributed by atoms with E-state index in [1.165, 1.54) is 7.05 Å². The number of likely N-dealkylation sites (tertiary alicyclic amines) is 1. The third-order valence-corrected chi connectivity index (χ3v) is 3.92. The van der Waals surface area contributed by atoms with Crippen molar-refractivity contribution in [3.05, 3.63) is 29.3 Å². The van der Waals surface area contributed by atoms with Crippen molar-refractivity contribution in [2.24, 2.45) is 5.92 Å². The van der Waals surface area contributed by atoms with E-state index >= 15 is 0 Å². The van der Waals surface area contributed by atoms with Crippen LogP contribution in [-0.4, -0.2) is 44.0 Å². The molecule has 1 atom stereocenters. The first-order valence-corrected chi connectivity index (χ1v) is 7.22. The van der Waals surface area contributed by atoms with Crippen LogP contribution in [0.15, 0.2) is 12.1 Å². The summed E-state index contributed by atoms with van der Waals surface area (Å²) in [5.74, 6) is -1.56. The van der Waals surface area contributed by atoms with Gasteiger partial charge in [0.15, 0.2) is 0 Å². The lowest BCUT2D eigenvalue weighted by Crippen LogP contribution is -2.31. The van der Waals surface area contributed by atoms with Crippen LogP contribution in [0.25, 0.3) is 0 Å². The molecule has 2 N–H and O–H groups in total. The molecule has 0 spiro atoms. The minimum Gasteiger partial charge on any atom is -0.383 e. The van der Waals surface area contributed by atoms with E-state index in [4.69, 9.17) is 0 Å². The standard InChI is InChI=1S/C15H21F2N3O/c1-3-20-5-4-10(9-20)8-19-15(21)11-6-12(16)14(18-2)13(17)7-11/h6-7,10,18H,3-5,8-9H2,1-2H3,(H,19,21). The number of nitrogens with one attached hydrogen (secondary N) is 2. The van der Waals surface area contributed by atoms with E-state index in [0.29, 0.717) is 12.5 Å². The van der Waals surface area contributed by atoms with Gasteiger partial charge in [0.2, 0.25) is 0 Å². The van der Waals surface area contributed by atoms with Crippen LogP contribution in [0, 0.1) is 17.6 Å². The highest BCUT2D eigenvalue weighted by Gasteiger charge is 2.22. The molecule has 0 radical (unpaired) electrons. The summed E-state index contributed by atoms with van der Waals surface area (Å²) in [5, 5.41) is 5.19. The second kappa shape index (κ2) is 6.85. The highest BCUT2D eigenvalue weighted by molar-refractivity contribution is 5.94. The van der Waals surface area contributed by atoms with Crippen LogP contribution < -0.4 is 10.6 Å². The quantitative estimate of drug-likeness (QED) is 0.874. The maximum atomic E-state index is 13.6. The molecule has 1 aliphatic rings. The molecule has 116 valence electrons. The van der Waals surface area contributed by atoms with Gasteiger partial charge in [-0.2, -0.15) is 0 Å². The molecular weight excluding hydrogens is 276 g/mol. The molecule has 0 saturated carbocycles.